The molecule has 0 bridgehead atoms. The van der Waals surface area contributed by atoms with Gasteiger partial charge in [0.1, 0.15) is 0 Å². The Hall–Kier alpha value is 3.67. The minimum atomic E-state index is -2.86. The topological polar surface area (TPSA) is 270 Å². The van der Waals surface area contributed by atoms with Crippen molar-refractivity contribution >= 4 is 35.8 Å². The molecular formula is C12H14ClIK3NaO14. The SMILES string of the molecule is O=C(O)CC(O)(CC(=O)O)C(=O)O.O=C([O-])CC(O)(CC(=O)[O-])C(=O)O.[Cl-].[I-].[K+].[K+].[K+].[Na+]. The van der Waals surface area contributed by atoms with Crippen molar-refractivity contribution in [3.8, 4) is 0 Å². The summed E-state index contributed by atoms with van der Waals surface area (Å²) >= 11 is 0. The molecule has 0 saturated heterocycles. The second kappa shape index (κ2) is 27.7. The third-order valence-electron chi connectivity index (χ3n) is 2.56. The first-order valence-electron chi connectivity index (χ1n) is 6.30. The van der Waals surface area contributed by atoms with Crippen molar-refractivity contribution < 1.29 is 290 Å². The molecule has 0 aliphatic heterocycles. The molecule has 0 saturated carbocycles. The van der Waals surface area contributed by atoms with E-state index >= 15 is 0 Å². The Bertz CT molecular complexity index is 540. The number of aliphatic hydroxyl groups is 2. The van der Waals surface area contributed by atoms with E-state index in [0.717, 1.165) is 0 Å². The first-order chi connectivity index (χ1) is 11.6. The van der Waals surface area contributed by atoms with Crippen molar-refractivity contribution in [2.75, 3.05) is 0 Å². The molecule has 6 N–H and O–H groups in total. The van der Waals surface area contributed by atoms with Crippen LogP contribution < -0.4 is 230 Å². The van der Waals surface area contributed by atoms with Crippen LogP contribution in [0.15, 0.2) is 0 Å². The summed E-state index contributed by atoms with van der Waals surface area (Å²) in [4.78, 5) is 60.7. The molecule has 0 heterocycles. The van der Waals surface area contributed by atoms with E-state index in [0.29, 0.717) is 0 Å². The molecular weight excluding hydrogens is 671 g/mol. The van der Waals surface area contributed by atoms with Crippen LogP contribution in [0.1, 0.15) is 25.7 Å². The second-order valence-corrected chi connectivity index (χ2v) is 4.91. The molecule has 0 spiro atoms. The quantitative estimate of drug-likeness (QED) is 0.0922. The number of hydrogen-bond acceptors (Lipinski definition) is 10. The van der Waals surface area contributed by atoms with Gasteiger partial charge in [0.2, 0.25) is 0 Å². The average molecular weight is 685 g/mol. The molecule has 0 fully saturated rings. The molecule has 164 valence electrons. The van der Waals surface area contributed by atoms with Gasteiger partial charge in [0.15, 0.2) is 11.2 Å². The minimum Gasteiger partial charge on any atom is -1.00 e. The second-order valence-electron chi connectivity index (χ2n) is 4.91. The third-order valence-corrected chi connectivity index (χ3v) is 2.56. The molecule has 0 aromatic carbocycles. The number of hydrogen-bond donors (Lipinski definition) is 6. The molecule has 0 aromatic rings. The number of aliphatic carboxylic acids is 6. The molecule has 0 aliphatic carbocycles. The van der Waals surface area contributed by atoms with Crippen LogP contribution in [0, 0.1) is 0 Å². The molecule has 32 heavy (non-hydrogen) atoms. The fourth-order valence-electron chi connectivity index (χ4n) is 1.41. The maximum absolute atomic E-state index is 10.3. The Morgan fingerprint density at radius 2 is 0.781 bits per heavy atom. The van der Waals surface area contributed by atoms with Crippen LogP contribution in [0.2, 0.25) is 0 Å². The number of carboxylic acid groups (broad SMARTS) is 6. The van der Waals surface area contributed by atoms with Gasteiger partial charge in [0, 0.05) is 24.8 Å². The van der Waals surface area contributed by atoms with Gasteiger partial charge >= 0.3 is 208 Å². The zero-order valence-electron chi connectivity index (χ0n) is 17.5. The van der Waals surface area contributed by atoms with E-state index in [9.17, 15) is 39.0 Å². The van der Waals surface area contributed by atoms with Gasteiger partial charge in [-0.05, 0) is 0 Å². The predicted octanol–water partition coefficient (Wildman–Crippen LogP) is -23.1. The van der Waals surface area contributed by atoms with E-state index in [1.165, 1.54) is 0 Å². The van der Waals surface area contributed by atoms with Gasteiger partial charge in [-0.2, -0.15) is 0 Å². The van der Waals surface area contributed by atoms with Crippen LogP contribution >= 0.6 is 0 Å². The van der Waals surface area contributed by atoms with Crippen LogP contribution in [0.3, 0.4) is 0 Å². The van der Waals surface area contributed by atoms with Gasteiger partial charge in [-0.25, -0.2) is 9.59 Å². The molecule has 0 radical (unpaired) electrons. The smallest absolute Gasteiger partial charge is 1.00 e. The number of halogens is 2. The summed E-state index contributed by atoms with van der Waals surface area (Å²) in [7, 11) is 0. The average Bonchev–Trinajstić information content (AvgIpc) is 2.34. The standard InChI is InChI=1S/2C6H8O7.ClH.HI.3K.Na/c2*7-3(8)1-6(13,5(11)12)2-4(9)10;;;;;;/h2*13H,1-2H2,(H,7,8)(H,9,10)(H,11,12);2*1H;;;;/q;;;;4*+1/p-4. The molecule has 0 aliphatic rings. The van der Waals surface area contributed by atoms with Crippen molar-refractivity contribution in [2.24, 2.45) is 0 Å². The Morgan fingerprint density at radius 3 is 0.906 bits per heavy atom. The summed E-state index contributed by atoms with van der Waals surface area (Å²) in [6.07, 6.45) is -4.88. The van der Waals surface area contributed by atoms with Gasteiger partial charge in [-0.15, -0.1) is 0 Å². The summed E-state index contributed by atoms with van der Waals surface area (Å²) < 4.78 is 0. The fraction of sp³-hybridized carbons (Fsp3) is 0.500. The van der Waals surface area contributed by atoms with Crippen LogP contribution in [0.5, 0.6) is 0 Å². The number of rotatable bonds is 10. The van der Waals surface area contributed by atoms with Crippen molar-refractivity contribution in [3.05, 3.63) is 0 Å². The van der Waals surface area contributed by atoms with Gasteiger partial charge in [0.05, 0.1) is 12.8 Å². The van der Waals surface area contributed by atoms with Crippen LogP contribution in [-0.4, -0.2) is 77.7 Å². The predicted molar refractivity (Wildman–Crippen MR) is 68.9 cm³/mol. The molecule has 0 atom stereocenters. The maximum atomic E-state index is 10.3. The summed E-state index contributed by atoms with van der Waals surface area (Å²) in [6.45, 7) is 0. The van der Waals surface area contributed by atoms with E-state index in [-0.39, 0.29) is 220 Å². The molecule has 0 aromatic heterocycles. The zero-order chi connectivity index (χ0) is 21.3. The van der Waals surface area contributed by atoms with Gasteiger partial charge in [0.25, 0.3) is 0 Å². The van der Waals surface area contributed by atoms with Crippen molar-refractivity contribution in [1.29, 1.82) is 0 Å². The largest absolute Gasteiger partial charge is 1.00 e. The van der Waals surface area contributed by atoms with Crippen molar-refractivity contribution in [2.45, 2.75) is 36.9 Å². The Labute approximate surface area is 354 Å². The van der Waals surface area contributed by atoms with Crippen LogP contribution in [0.4, 0.5) is 0 Å². The van der Waals surface area contributed by atoms with Gasteiger partial charge in [-0.3, -0.25) is 9.59 Å². The van der Waals surface area contributed by atoms with Gasteiger partial charge < -0.3 is 86.8 Å². The molecule has 20 heteroatoms. The van der Waals surface area contributed by atoms with E-state index in [1.807, 2.05) is 0 Å². The summed E-state index contributed by atoms with van der Waals surface area (Å²) in [5, 5.41) is 71.0. The van der Waals surface area contributed by atoms with Crippen molar-refractivity contribution in [3.63, 3.8) is 0 Å². The Balaban J connectivity index is -0.0000000505. The number of carbonyl (C=O) groups excluding carboxylic acids is 2. The summed E-state index contributed by atoms with van der Waals surface area (Å²) in [5.74, 6) is -10.7. The maximum Gasteiger partial charge on any atom is 1.00 e. The van der Waals surface area contributed by atoms with E-state index in [2.05, 4.69) is 0 Å². The molecule has 0 amide bonds. The molecule has 14 nitrogen and oxygen atoms in total. The zero-order valence-corrected chi connectivity index (χ0v) is 31.8. The van der Waals surface area contributed by atoms with Crippen LogP contribution in [0.25, 0.3) is 0 Å². The number of carbonyl (C=O) groups is 6. The molecule has 0 rings (SSSR count). The Kier molecular flexibility index (Phi) is 48.5. The van der Waals surface area contributed by atoms with Crippen molar-refractivity contribution in [1.82, 2.24) is 0 Å². The van der Waals surface area contributed by atoms with Crippen LogP contribution in [-0.2, 0) is 28.8 Å². The monoisotopic (exact) mass is 684 g/mol. The normalized spacial score (nSPS) is 8.81. The van der Waals surface area contributed by atoms with E-state index in [1.54, 1.807) is 0 Å². The first-order valence-corrected chi connectivity index (χ1v) is 6.30. The minimum absolute atomic E-state index is 0. The first kappa shape index (κ1) is 56.0. The molecule has 0 unspecified atom stereocenters. The Morgan fingerprint density at radius 1 is 0.594 bits per heavy atom. The summed E-state index contributed by atoms with van der Waals surface area (Å²) in [5.41, 5.74) is -5.60. The van der Waals surface area contributed by atoms with E-state index in [4.69, 9.17) is 30.6 Å². The number of carboxylic acids is 6. The van der Waals surface area contributed by atoms with Gasteiger partial charge in [-0.1, -0.05) is 0 Å². The summed E-state index contributed by atoms with van der Waals surface area (Å²) in [6, 6.07) is 0. The fourth-order valence-corrected chi connectivity index (χ4v) is 1.41. The van der Waals surface area contributed by atoms with E-state index < -0.39 is 72.7 Å². The third kappa shape index (κ3) is 28.2.